The van der Waals surface area contributed by atoms with E-state index in [0.29, 0.717) is 37.5 Å². The van der Waals surface area contributed by atoms with Crippen LogP contribution in [-0.2, 0) is 11.3 Å². The van der Waals surface area contributed by atoms with Crippen LogP contribution in [0.3, 0.4) is 0 Å². The molecule has 3 N–H and O–H groups in total. The number of amides is 1. The van der Waals surface area contributed by atoms with Gasteiger partial charge in [-0.2, -0.15) is 0 Å². The Labute approximate surface area is 201 Å². The van der Waals surface area contributed by atoms with E-state index in [1.165, 1.54) is 5.56 Å². The first-order valence-corrected chi connectivity index (χ1v) is 10.3. The lowest BCUT2D eigenvalue weighted by atomic mass is 10.0. The standard InChI is InChI=1S/C22H33N5O3.HI/c1-6-29-22(28)27-18(11-15(2)3)12-24-21(23-5)25-13-19-14-30-20(26-19)17-9-7-16(4)8-10-17;/h7-10,14-15,18H,6,11-13H2,1-5H3,(H,27,28)(H2,23,24,25);1H. The summed E-state index contributed by atoms with van der Waals surface area (Å²) in [4.78, 5) is 20.5. The zero-order chi connectivity index (χ0) is 21.9. The van der Waals surface area contributed by atoms with Crippen LogP contribution in [0, 0.1) is 12.8 Å². The van der Waals surface area contributed by atoms with Crippen molar-refractivity contribution in [2.45, 2.75) is 46.7 Å². The number of hydrogen-bond acceptors (Lipinski definition) is 5. The Morgan fingerprint density at radius 3 is 2.55 bits per heavy atom. The summed E-state index contributed by atoms with van der Waals surface area (Å²) < 4.78 is 10.6. The van der Waals surface area contributed by atoms with Crippen LogP contribution in [0.2, 0.25) is 0 Å². The summed E-state index contributed by atoms with van der Waals surface area (Å²) in [5.74, 6) is 1.64. The molecule has 31 heavy (non-hydrogen) atoms. The molecule has 0 saturated carbocycles. The first kappa shape index (κ1) is 26.7. The number of carbonyl (C=O) groups excluding carboxylic acids is 1. The second kappa shape index (κ2) is 13.9. The van der Waals surface area contributed by atoms with Gasteiger partial charge in [0.1, 0.15) is 6.26 Å². The number of carbonyl (C=O) groups is 1. The highest BCUT2D eigenvalue weighted by molar-refractivity contribution is 14.0. The van der Waals surface area contributed by atoms with Crippen molar-refractivity contribution in [2.24, 2.45) is 10.9 Å². The summed E-state index contributed by atoms with van der Waals surface area (Å²) in [6, 6.07) is 7.97. The number of hydrogen-bond donors (Lipinski definition) is 3. The maximum absolute atomic E-state index is 11.8. The Kier molecular flexibility index (Phi) is 12.0. The average molecular weight is 543 g/mol. The Hall–Kier alpha value is -2.30. The van der Waals surface area contributed by atoms with Gasteiger partial charge in [-0.1, -0.05) is 31.5 Å². The number of nitrogens with zero attached hydrogens (tertiary/aromatic N) is 2. The number of rotatable bonds is 9. The van der Waals surface area contributed by atoms with E-state index in [1.54, 1.807) is 20.2 Å². The minimum absolute atomic E-state index is 0. The second-order valence-electron chi connectivity index (χ2n) is 7.51. The second-order valence-corrected chi connectivity index (χ2v) is 7.51. The van der Waals surface area contributed by atoms with Crippen molar-refractivity contribution in [3.63, 3.8) is 0 Å². The monoisotopic (exact) mass is 543 g/mol. The number of aryl methyl sites for hydroxylation is 1. The molecule has 0 saturated heterocycles. The van der Waals surface area contributed by atoms with Crippen molar-refractivity contribution < 1.29 is 13.9 Å². The van der Waals surface area contributed by atoms with Gasteiger partial charge in [0.15, 0.2) is 5.96 Å². The van der Waals surface area contributed by atoms with E-state index in [0.717, 1.165) is 17.7 Å². The van der Waals surface area contributed by atoms with E-state index >= 15 is 0 Å². The number of alkyl carbamates (subject to hydrolysis) is 1. The molecule has 0 aliphatic rings. The lowest BCUT2D eigenvalue weighted by Gasteiger charge is -2.22. The van der Waals surface area contributed by atoms with E-state index in [9.17, 15) is 4.79 Å². The molecule has 172 valence electrons. The number of aromatic nitrogens is 1. The first-order chi connectivity index (χ1) is 14.4. The lowest BCUT2D eigenvalue weighted by Crippen LogP contribution is -2.47. The van der Waals surface area contributed by atoms with Crippen molar-refractivity contribution >= 4 is 36.0 Å². The van der Waals surface area contributed by atoms with Gasteiger partial charge in [-0.15, -0.1) is 24.0 Å². The van der Waals surface area contributed by atoms with Crippen molar-refractivity contribution in [1.29, 1.82) is 0 Å². The molecule has 1 amide bonds. The summed E-state index contributed by atoms with van der Waals surface area (Å²) in [5, 5.41) is 9.36. The average Bonchev–Trinajstić information content (AvgIpc) is 3.17. The van der Waals surface area contributed by atoms with Crippen molar-refractivity contribution in [2.75, 3.05) is 20.2 Å². The van der Waals surface area contributed by atoms with Crippen LogP contribution in [0.4, 0.5) is 4.79 Å². The van der Waals surface area contributed by atoms with Crippen molar-refractivity contribution in [1.82, 2.24) is 20.9 Å². The largest absolute Gasteiger partial charge is 0.450 e. The molecular weight excluding hydrogens is 509 g/mol. The summed E-state index contributed by atoms with van der Waals surface area (Å²) >= 11 is 0. The molecule has 1 heterocycles. The number of halogens is 1. The smallest absolute Gasteiger partial charge is 0.407 e. The van der Waals surface area contributed by atoms with Gasteiger partial charge in [0, 0.05) is 25.2 Å². The topological polar surface area (TPSA) is 101 Å². The molecule has 1 atom stereocenters. The molecular formula is C22H34IN5O3. The van der Waals surface area contributed by atoms with E-state index in [1.807, 2.05) is 31.2 Å². The van der Waals surface area contributed by atoms with Gasteiger partial charge in [0.2, 0.25) is 5.89 Å². The zero-order valence-electron chi connectivity index (χ0n) is 18.9. The van der Waals surface area contributed by atoms with Gasteiger partial charge < -0.3 is 25.1 Å². The molecule has 1 aromatic heterocycles. The highest BCUT2D eigenvalue weighted by atomic mass is 127. The fraction of sp³-hybridized carbons (Fsp3) is 0.500. The minimum atomic E-state index is -0.404. The fourth-order valence-corrected chi connectivity index (χ4v) is 2.93. The summed E-state index contributed by atoms with van der Waals surface area (Å²) in [7, 11) is 1.70. The molecule has 0 bridgehead atoms. The number of nitrogens with one attached hydrogen (secondary N) is 3. The van der Waals surface area contributed by atoms with E-state index in [2.05, 4.69) is 39.8 Å². The molecule has 1 unspecified atom stereocenters. The summed E-state index contributed by atoms with van der Waals surface area (Å²) in [6.45, 7) is 9.40. The van der Waals surface area contributed by atoms with Crippen LogP contribution in [0.1, 0.15) is 38.4 Å². The van der Waals surface area contributed by atoms with Gasteiger partial charge in [-0.05, 0) is 38.3 Å². The predicted molar refractivity (Wildman–Crippen MR) is 134 cm³/mol. The summed E-state index contributed by atoms with van der Waals surface area (Å²) in [5.41, 5.74) is 2.91. The number of aliphatic imine (C=N–C) groups is 1. The SMILES string of the molecule is CCOC(=O)NC(CNC(=NC)NCc1coc(-c2ccc(C)cc2)n1)CC(C)C.I. The molecule has 2 rings (SSSR count). The third-order valence-electron chi connectivity index (χ3n) is 4.38. The van der Waals surface area contributed by atoms with Crippen LogP contribution in [-0.4, -0.2) is 43.3 Å². The van der Waals surface area contributed by atoms with Gasteiger partial charge in [-0.3, -0.25) is 4.99 Å². The molecule has 0 fully saturated rings. The van der Waals surface area contributed by atoms with E-state index < -0.39 is 6.09 Å². The van der Waals surface area contributed by atoms with Crippen LogP contribution in [0.15, 0.2) is 39.9 Å². The van der Waals surface area contributed by atoms with Gasteiger partial charge in [0.05, 0.1) is 18.8 Å². The van der Waals surface area contributed by atoms with Crippen molar-refractivity contribution in [3.05, 3.63) is 41.8 Å². The molecule has 9 heteroatoms. The maximum Gasteiger partial charge on any atom is 0.407 e. The van der Waals surface area contributed by atoms with Gasteiger partial charge in [-0.25, -0.2) is 9.78 Å². The van der Waals surface area contributed by atoms with Crippen molar-refractivity contribution in [3.8, 4) is 11.5 Å². The Balaban J connectivity index is 0.00000480. The van der Waals surface area contributed by atoms with Crippen LogP contribution < -0.4 is 16.0 Å². The Morgan fingerprint density at radius 2 is 1.94 bits per heavy atom. The highest BCUT2D eigenvalue weighted by Gasteiger charge is 2.15. The Morgan fingerprint density at radius 1 is 1.23 bits per heavy atom. The minimum Gasteiger partial charge on any atom is -0.450 e. The summed E-state index contributed by atoms with van der Waals surface area (Å²) in [6.07, 6.45) is 2.06. The number of ether oxygens (including phenoxy) is 1. The molecule has 8 nitrogen and oxygen atoms in total. The van der Waals surface area contributed by atoms with Crippen LogP contribution in [0.25, 0.3) is 11.5 Å². The molecule has 0 radical (unpaired) electrons. The highest BCUT2D eigenvalue weighted by Crippen LogP contribution is 2.18. The molecule has 0 aliphatic carbocycles. The molecule has 1 aromatic carbocycles. The molecule has 0 spiro atoms. The lowest BCUT2D eigenvalue weighted by molar-refractivity contribution is 0.146. The predicted octanol–water partition coefficient (Wildman–Crippen LogP) is 4.09. The Bertz CT molecular complexity index is 821. The normalized spacial score (nSPS) is 12.1. The van der Waals surface area contributed by atoms with E-state index in [4.69, 9.17) is 9.15 Å². The van der Waals surface area contributed by atoms with E-state index in [-0.39, 0.29) is 30.0 Å². The molecule has 2 aromatic rings. The number of benzene rings is 1. The van der Waals surface area contributed by atoms with Crippen LogP contribution in [0.5, 0.6) is 0 Å². The van der Waals surface area contributed by atoms with Gasteiger partial charge >= 0.3 is 6.09 Å². The molecule has 0 aliphatic heterocycles. The van der Waals surface area contributed by atoms with Gasteiger partial charge in [0.25, 0.3) is 0 Å². The maximum atomic E-state index is 11.8. The first-order valence-electron chi connectivity index (χ1n) is 10.3. The zero-order valence-corrected chi connectivity index (χ0v) is 21.2. The fourth-order valence-electron chi connectivity index (χ4n) is 2.93. The quantitative estimate of drug-likeness (QED) is 0.250. The van der Waals surface area contributed by atoms with Crippen LogP contribution >= 0.6 is 24.0 Å². The number of guanidine groups is 1. The third kappa shape index (κ3) is 9.58. The third-order valence-corrected chi connectivity index (χ3v) is 4.38. The number of oxazole rings is 1.